The molecule has 0 heterocycles. The van der Waals surface area contributed by atoms with Gasteiger partial charge in [0.25, 0.3) is 0 Å². The Labute approximate surface area is 138 Å². The van der Waals surface area contributed by atoms with Crippen LogP contribution in [0.25, 0.3) is 0 Å². The highest BCUT2D eigenvalue weighted by Gasteiger charge is 1.99. The predicted molar refractivity (Wildman–Crippen MR) is 96.3 cm³/mol. The first-order valence-corrected chi connectivity index (χ1v) is 8.08. The molecular formula is C22H22O. The van der Waals surface area contributed by atoms with E-state index < -0.39 is 0 Å². The van der Waals surface area contributed by atoms with Gasteiger partial charge in [-0.25, -0.2) is 0 Å². The Morgan fingerprint density at radius 1 is 0.522 bits per heavy atom. The van der Waals surface area contributed by atoms with Crippen LogP contribution in [0.3, 0.4) is 0 Å². The van der Waals surface area contributed by atoms with Crippen LogP contribution in [-0.4, -0.2) is 0 Å². The lowest BCUT2D eigenvalue weighted by Gasteiger charge is -2.07. The number of hydrogen-bond acceptors (Lipinski definition) is 1. The maximum Gasteiger partial charge on any atom is 0.127 e. The number of benzene rings is 3. The van der Waals surface area contributed by atoms with Crippen molar-refractivity contribution in [3.63, 3.8) is 0 Å². The van der Waals surface area contributed by atoms with E-state index in [1.54, 1.807) is 0 Å². The van der Waals surface area contributed by atoms with E-state index in [9.17, 15) is 0 Å². The fourth-order valence-corrected chi connectivity index (χ4v) is 2.51. The zero-order valence-electron chi connectivity index (χ0n) is 13.8. The summed E-state index contributed by atoms with van der Waals surface area (Å²) in [5.74, 6) is 1.76. The second-order valence-corrected chi connectivity index (χ2v) is 6.04. The van der Waals surface area contributed by atoms with E-state index in [1.165, 1.54) is 22.3 Å². The summed E-state index contributed by atoms with van der Waals surface area (Å²) in [6.07, 6.45) is 2.12. The van der Waals surface area contributed by atoms with Crippen LogP contribution in [0.2, 0.25) is 0 Å². The van der Waals surface area contributed by atoms with Gasteiger partial charge >= 0.3 is 0 Å². The van der Waals surface area contributed by atoms with Crippen molar-refractivity contribution in [2.75, 3.05) is 0 Å². The standard InChI is InChI=1S/C22H22O/c1-17-3-7-19(8-4-17)9-10-20-11-15-22(16-12-20)23-21-13-5-18(2)6-14-21/h3-8,11-16H,9-10H2,1-2H3. The molecule has 0 aromatic heterocycles. The Morgan fingerprint density at radius 2 is 0.870 bits per heavy atom. The molecule has 0 saturated heterocycles. The second kappa shape index (κ2) is 7.15. The molecule has 116 valence electrons. The molecule has 0 amide bonds. The van der Waals surface area contributed by atoms with Gasteiger partial charge in [0.05, 0.1) is 0 Å². The summed E-state index contributed by atoms with van der Waals surface area (Å²) in [6, 6.07) is 25.3. The average Bonchev–Trinajstić information content (AvgIpc) is 2.58. The average molecular weight is 302 g/mol. The van der Waals surface area contributed by atoms with Gasteiger partial charge in [0.1, 0.15) is 11.5 Å². The molecule has 0 saturated carbocycles. The molecule has 0 spiro atoms. The lowest BCUT2D eigenvalue weighted by Crippen LogP contribution is -1.92. The minimum absolute atomic E-state index is 0.878. The van der Waals surface area contributed by atoms with Crippen LogP contribution in [0.1, 0.15) is 22.3 Å². The maximum atomic E-state index is 5.86. The number of ether oxygens (including phenoxy) is 1. The summed E-state index contributed by atoms with van der Waals surface area (Å²) in [5.41, 5.74) is 5.27. The van der Waals surface area contributed by atoms with Crippen molar-refractivity contribution in [1.29, 1.82) is 0 Å². The molecule has 0 aliphatic heterocycles. The zero-order valence-corrected chi connectivity index (χ0v) is 13.8. The molecule has 0 atom stereocenters. The van der Waals surface area contributed by atoms with Crippen molar-refractivity contribution in [3.8, 4) is 11.5 Å². The molecule has 0 unspecified atom stereocenters. The first-order valence-electron chi connectivity index (χ1n) is 8.08. The molecule has 23 heavy (non-hydrogen) atoms. The first kappa shape index (κ1) is 15.4. The quantitative estimate of drug-likeness (QED) is 0.571. The summed E-state index contributed by atoms with van der Waals surface area (Å²) in [6.45, 7) is 4.20. The molecule has 3 aromatic carbocycles. The van der Waals surface area contributed by atoms with E-state index in [4.69, 9.17) is 4.74 Å². The van der Waals surface area contributed by atoms with E-state index in [0.29, 0.717) is 0 Å². The second-order valence-electron chi connectivity index (χ2n) is 6.04. The molecule has 1 heteroatoms. The van der Waals surface area contributed by atoms with Crippen LogP contribution in [0.5, 0.6) is 11.5 Å². The van der Waals surface area contributed by atoms with Crippen LogP contribution in [-0.2, 0) is 12.8 Å². The Bertz CT molecular complexity index is 737. The number of aryl methyl sites for hydroxylation is 4. The fourth-order valence-electron chi connectivity index (χ4n) is 2.51. The molecule has 0 fully saturated rings. The van der Waals surface area contributed by atoms with Crippen LogP contribution in [0.4, 0.5) is 0 Å². The lowest BCUT2D eigenvalue weighted by molar-refractivity contribution is 0.482. The molecule has 1 nitrogen and oxygen atoms in total. The third-order valence-electron chi connectivity index (χ3n) is 4.00. The van der Waals surface area contributed by atoms with Gasteiger partial charge in [0.15, 0.2) is 0 Å². The van der Waals surface area contributed by atoms with Crippen molar-refractivity contribution >= 4 is 0 Å². The maximum absolute atomic E-state index is 5.86. The van der Waals surface area contributed by atoms with Gasteiger partial charge in [-0.05, 0) is 62.1 Å². The van der Waals surface area contributed by atoms with E-state index in [0.717, 1.165) is 24.3 Å². The predicted octanol–water partition coefficient (Wildman–Crippen LogP) is 5.88. The Morgan fingerprint density at radius 3 is 1.35 bits per heavy atom. The summed E-state index contributed by atoms with van der Waals surface area (Å²) in [4.78, 5) is 0. The van der Waals surface area contributed by atoms with E-state index in [2.05, 4.69) is 62.4 Å². The Balaban J connectivity index is 1.58. The van der Waals surface area contributed by atoms with Crippen LogP contribution in [0, 0.1) is 13.8 Å². The van der Waals surface area contributed by atoms with E-state index >= 15 is 0 Å². The van der Waals surface area contributed by atoms with Crippen LogP contribution in [0.15, 0.2) is 72.8 Å². The molecule has 0 N–H and O–H groups in total. The Kier molecular flexibility index (Phi) is 4.77. The van der Waals surface area contributed by atoms with Gasteiger partial charge in [-0.3, -0.25) is 0 Å². The van der Waals surface area contributed by atoms with Crippen molar-refractivity contribution in [1.82, 2.24) is 0 Å². The van der Waals surface area contributed by atoms with Crippen molar-refractivity contribution in [3.05, 3.63) is 95.1 Å². The van der Waals surface area contributed by atoms with E-state index in [-0.39, 0.29) is 0 Å². The molecule has 3 aromatic rings. The molecule has 3 rings (SSSR count). The van der Waals surface area contributed by atoms with Gasteiger partial charge in [0.2, 0.25) is 0 Å². The Hall–Kier alpha value is -2.54. The topological polar surface area (TPSA) is 9.23 Å². The fraction of sp³-hybridized carbons (Fsp3) is 0.182. The minimum Gasteiger partial charge on any atom is -0.457 e. The molecular weight excluding hydrogens is 280 g/mol. The smallest absolute Gasteiger partial charge is 0.127 e. The number of hydrogen-bond donors (Lipinski definition) is 0. The van der Waals surface area contributed by atoms with Crippen molar-refractivity contribution < 1.29 is 4.74 Å². The molecule has 0 bridgehead atoms. The minimum atomic E-state index is 0.878. The van der Waals surface area contributed by atoms with Crippen molar-refractivity contribution in [2.45, 2.75) is 26.7 Å². The third kappa shape index (κ3) is 4.46. The van der Waals surface area contributed by atoms with Crippen molar-refractivity contribution in [2.24, 2.45) is 0 Å². The monoisotopic (exact) mass is 302 g/mol. The van der Waals surface area contributed by atoms with Gasteiger partial charge in [-0.2, -0.15) is 0 Å². The lowest BCUT2D eigenvalue weighted by atomic mass is 10.0. The van der Waals surface area contributed by atoms with Crippen LogP contribution < -0.4 is 4.74 Å². The summed E-state index contributed by atoms with van der Waals surface area (Å²) >= 11 is 0. The third-order valence-corrected chi connectivity index (χ3v) is 4.00. The normalized spacial score (nSPS) is 10.5. The van der Waals surface area contributed by atoms with Gasteiger partial charge < -0.3 is 4.74 Å². The highest BCUT2D eigenvalue weighted by molar-refractivity contribution is 5.34. The SMILES string of the molecule is Cc1ccc(CCc2ccc(Oc3ccc(C)cc3)cc2)cc1. The molecule has 0 aliphatic carbocycles. The summed E-state index contributed by atoms with van der Waals surface area (Å²) in [5, 5.41) is 0. The highest BCUT2D eigenvalue weighted by Crippen LogP contribution is 2.22. The van der Waals surface area contributed by atoms with Gasteiger partial charge in [-0.1, -0.05) is 59.7 Å². The first-order chi connectivity index (χ1) is 11.2. The summed E-state index contributed by atoms with van der Waals surface area (Å²) < 4.78 is 5.86. The highest BCUT2D eigenvalue weighted by atomic mass is 16.5. The zero-order chi connectivity index (χ0) is 16.1. The van der Waals surface area contributed by atoms with Gasteiger partial charge in [-0.15, -0.1) is 0 Å². The summed E-state index contributed by atoms with van der Waals surface area (Å²) in [7, 11) is 0. The van der Waals surface area contributed by atoms with E-state index in [1.807, 2.05) is 24.3 Å². The largest absolute Gasteiger partial charge is 0.457 e. The molecule has 0 aliphatic rings. The van der Waals surface area contributed by atoms with Crippen LogP contribution >= 0.6 is 0 Å². The number of rotatable bonds is 5. The molecule has 0 radical (unpaired) electrons. The van der Waals surface area contributed by atoms with Gasteiger partial charge in [0, 0.05) is 0 Å².